The third-order valence-corrected chi connectivity index (χ3v) is 2.73. The highest BCUT2D eigenvalue weighted by molar-refractivity contribution is 5.88. The van der Waals surface area contributed by atoms with Gasteiger partial charge in [0.25, 0.3) is 0 Å². The fourth-order valence-corrected chi connectivity index (χ4v) is 1.82. The third-order valence-electron chi connectivity index (χ3n) is 2.73. The first kappa shape index (κ1) is 11.8. The summed E-state index contributed by atoms with van der Waals surface area (Å²) < 4.78 is 5.26. The number of aromatic nitrogens is 1. The molecule has 6 nitrogen and oxygen atoms in total. The van der Waals surface area contributed by atoms with Crippen LogP contribution < -0.4 is 4.90 Å². The van der Waals surface area contributed by atoms with E-state index in [4.69, 9.17) is 9.84 Å². The molecule has 92 valence electrons. The number of hydrogen-bond acceptors (Lipinski definition) is 5. The van der Waals surface area contributed by atoms with Crippen LogP contribution in [0.4, 0.5) is 5.82 Å². The smallest absolute Gasteiger partial charge is 0.335 e. The lowest BCUT2D eigenvalue weighted by atomic mass is 10.2. The van der Waals surface area contributed by atoms with E-state index in [2.05, 4.69) is 4.98 Å². The maximum absolute atomic E-state index is 10.9. The van der Waals surface area contributed by atoms with Crippen molar-refractivity contribution in [3.05, 3.63) is 23.9 Å². The Bertz CT molecular complexity index is 410. The number of carboxylic acid groups (broad SMARTS) is 1. The maximum Gasteiger partial charge on any atom is 0.335 e. The first-order chi connectivity index (χ1) is 8.22. The molecule has 1 aromatic heterocycles. The van der Waals surface area contributed by atoms with Crippen LogP contribution in [0.2, 0.25) is 0 Å². The summed E-state index contributed by atoms with van der Waals surface area (Å²) in [6.45, 7) is 1.53. The SMILES string of the molecule is O=C(O)c1ccnc(N2CCOCC2CO)c1. The Morgan fingerprint density at radius 2 is 2.47 bits per heavy atom. The van der Waals surface area contributed by atoms with Crippen molar-refractivity contribution in [2.45, 2.75) is 6.04 Å². The molecule has 0 aliphatic carbocycles. The van der Waals surface area contributed by atoms with Crippen LogP contribution in [0.15, 0.2) is 18.3 Å². The Labute approximate surface area is 98.5 Å². The Balaban J connectivity index is 2.25. The highest BCUT2D eigenvalue weighted by Gasteiger charge is 2.23. The lowest BCUT2D eigenvalue weighted by molar-refractivity contribution is 0.0696. The molecule has 2 heterocycles. The summed E-state index contributed by atoms with van der Waals surface area (Å²) >= 11 is 0. The number of pyridine rings is 1. The van der Waals surface area contributed by atoms with E-state index >= 15 is 0 Å². The molecule has 1 aliphatic heterocycles. The Morgan fingerprint density at radius 3 is 3.18 bits per heavy atom. The molecule has 0 saturated carbocycles. The summed E-state index contributed by atoms with van der Waals surface area (Å²) in [4.78, 5) is 16.9. The van der Waals surface area contributed by atoms with Gasteiger partial charge in [-0.15, -0.1) is 0 Å². The normalized spacial score (nSPS) is 20.3. The Hall–Kier alpha value is -1.66. The number of carboxylic acids is 1. The Morgan fingerprint density at radius 1 is 1.65 bits per heavy atom. The van der Waals surface area contributed by atoms with E-state index in [9.17, 15) is 9.90 Å². The third kappa shape index (κ3) is 2.54. The van der Waals surface area contributed by atoms with Crippen molar-refractivity contribution in [1.82, 2.24) is 4.98 Å². The van der Waals surface area contributed by atoms with Gasteiger partial charge in [0.05, 0.1) is 31.4 Å². The zero-order valence-electron chi connectivity index (χ0n) is 9.24. The number of carbonyl (C=O) groups is 1. The minimum Gasteiger partial charge on any atom is -0.478 e. The van der Waals surface area contributed by atoms with Crippen molar-refractivity contribution in [2.24, 2.45) is 0 Å². The zero-order chi connectivity index (χ0) is 12.3. The summed E-state index contributed by atoms with van der Waals surface area (Å²) in [5.74, 6) is -0.422. The Kier molecular flexibility index (Phi) is 3.55. The number of aliphatic hydroxyl groups excluding tert-OH is 1. The predicted octanol–water partition coefficient (Wildman–Crippen LogP) is -0.0227. The molecule has 0 spiro atoms. The average molecular weight is 238 g/mol. The van der Waals surface area contributed by atoms with Crippen LogP contribution in [0.1, 0.15) is 10.4 Å². The van der Waals surface area contributed by atoms with Crippen molar-refractivity contribution in [1.29, 1.82) is 0 Å². The molecular weight excluding hydrogens is 224 g/mol. The highest BCUT2D eigenvalue weighted by Crippen LogP contribution is 2.18. The van der Waals surface area contributed by atoms with Crippen LogP contribution in [0, 0.1) is 0 Å². The van der Waals surface area contributed by atoms with Gasteiger partial charge in [-0.2, -0.15) is 0 Å². The van der Waals surface area contributed by atoms with Crippen LogP contribution in [0.3, 0.4) is 0 Å². The van der Waals surface area contributed by atoms with Gasteiger partial charge in [0, 0.05) is 12.7 Å². The minimum absolute atomic E-state index is 0.0427. The largest absolute Gasteiger partial charge is 0.478 e. The summed E-state index contributed by atoms with van der Waals surface area (Å²) in [5.41, 5.74) is 0.193. The van der Waals surface area contributed by atoms with E-state index in [-0.39, 0.29) is 18.2 Å². The number of morpholine rings is 1. The quantitative estimate of drug-likeness (QED) is 0.770. The first-order valence-electron chi connectivity index (χ1n) is 5.37. The van der Waals surface area contributed by atoms with Gasteiger partial charge in [-0.3, -0.25) is 0 Å². The molecule has 17 heavy (non-hydrogen) atoms. The molecule has 2 rings (SSSR count). The number of hydrogen-bond donors (Lipinski definition) is 2. The van der Waals surface area contributed by atoms with Crippen LogP contribution in [-0.2, 0) is 4.74 Å². The van der Waals surface area contributed by atoms with Gasteiger partial charge in [0.15, 0.2) is 0 Å². The molecule has 2 N–H and O–H groups in total. The van der Waals surface area contributed by atoms with Crippen LogP contribution in [0.25, 0.3) is 0 Å². The maximum atomic E-state index is 10.9. The van der Waals surface area contributed by atoms with Crippen molar-refractivity contribution in [2.75, 3.05) is 31.3 Å². The summed E-state index contributed by atoms with van der Waals surface area (Å²) in [6, 6.07) is 2.79. The van der Waals surface area contributed by atoms with Crippen molar-refractivity contribution in [3.8, 4) is 0 Å². The van der Waals surface area contributed by atoms with Crippen molar-refractivity contribution >= 4 is 11.8 Å². The van der Waals surface area contributed by atoms with Gasteiger partial charge in [-0.05, 0) is 12.1 Å². The van der Waals surface area contributed by atoms with E-state index in [1.807, 2.05) is 4.90 Å². The standard InChI is InChI=1S/C11H14N2O4/c14-6-9-7-17-4-3-13(9)10-5-8(11(15)16)1-2-12-10/h1-2,5,9,14H,3-4,6-7H2,(H,15,16). The number of ether oxygens (including phenoxy) is 1. The van der Waals surface area contributed by atoms with Crippen LogP contribution >= 0.6 is 0 Å². The monoisotopic (exact) mass is 238 g/mol. The van der Waals surface area contributed by atoms with E-state index in [0.717, 1.165) is 0 Å². The molecular formula is C11H14N2O4. The molecule has 1 aromatic rings. The molecule has 6 heteroatoms. The lowest BCUT2D eigenvalue weighted by Crippen LogP contribution is -2.48. The van der Waals surface area contributed by atoms with E-state index in [0.29, 0.717) is 25.6 Å². The lowest BCUT2D eigenvalue weighted by Gasteiger charge is -2.35. The average Bonchev–Trinajstić information content (AvgIpc) is 2.39. The molecule has 0 bridgehead atoms. The topological polar surface area (TPSA) is 82.9 Å². The number of nitrogens with zero attached hydrogens (tertiary/aromatic N) is 2. The zero-order valence-corrected chi connectivity index (χ0v) is 9.24. The van der Waals surface area contributed by atoms with Gasteiger partial charge in [-0.25, -0.2) is 9.78 Å². The number of aromatic carboxylic acids is 1. The van der Waals surface area contributed by atoms with Crippen molar-refractivity contribution < 1.29 is 19.7 Å². The summed E-state index contributed by atoms with van der Waals surface area (Å²) in [6.07, 6.45) is 1.46. The van der Waals surface area contributed by atoms with Gasteiger partial charge in [0.1, 0.15) is 5.82 Å². The molecule has 0 aromatic carbocycles. The van der Waals surface area contributed by atoms with Gasteiger partial charge in [0.2, 0.25) is 0 Å². The first-order valence-corrected chi connectivity index (χ1v) is 5.37. The molecule has 0 radical (unpaired) electrons. The van der Waals surface area contributed by atoms with Crippen LogP contribution in [-0.4, -0.2) is 53.6 Å². The predicted molar refractivity (Wildman–Crippen MR) is 60.2 cm³/mol. The van der Waals surface area contributed by atoms with Gasteiger partial charge in [-0.1, -0.05) is 0 Å². The molecule has 1 atom stereocenters. The highest BCUT2D eigenvalue weighted by atomic mass is 16.5. The van der Waals surface area contributed by atoms with Gasteiger partial charge < -0.3 is 19.8 Å². The minimum atomic E-state index is -0.984. The summed E-state index contributed by atoms with van der Waals surface area (Å²) in [7, 11) is 0. The molecule has 1 aliphatic rings. The van der Waals surface area contributed by atoms with E-state index in [1.54, 1.807) is 0 Å². The molecule has 1 fully saturated rings. The molecule has 1 saturated heterocycles. The fourth-order valence-electron chi connectivity index (χ4n) is 1.82. The van der Waals surface area contributed by atoms with Gasteiger partial charge >= 0.3 is 5.97 Å². The van der Waals surface area contributed by atoms with E-state index < -0.39 is 5.97 Å². The van der Waals surface area contributed by atoms with Crippen molar-refractivity contribution in [3.63, 3.8) is 0 Å². The number of rotatable bonds is 3. The fraction of sp³-hybridized carbons (Fsp3) is 0.455. The summed E-state index contributed by atoms with van der Waals surface area (Å²) in [5, 5.41) is 18.1. The second-order valence-corrected chi connectivity index (χ2v) is 3.81. The van der Waals surface area contributed by atoms with E-state index in [1.165, 1.54) is 18.3 Å². The molecule has 1 unspecified atom stereocenters. The number of aliphatic hydroxyl groups is 1. The molecule has 0 amide bonds. The van der Waals surface area contributed by atoms with Crippen LogP contribution in [0.5, 0.6) is 0 Å². The number of anilines is 1. The second kappa shape index (κ2) is 5.11. The second-order valence-electron chi connectivity index (χ2n) is 3.81.